The molecule has 59 heavy (non-hydrogen) atoms. The Bertz CT molecular complexity index is 2450. The molecule has 4 heterocycles. The summed E-state index contributed by atoms with van der Waals surface area (Å²) in [6.07, 6.45) is 1.68. The molecule has 5 aromatic rings. The monoisotopic (exact) mass is 813 g/mol. The molecule has 4 aromatic carbocycles. The Morgan fingerprint density at radius 1 is 0.864 bits per heavy atom. The number of hydrogen-bond donors (Lipinski definition) is 1. The van der Waals surface area contributed by atoms with E-state index >= 15 is 4.79 Å². The Balaban J connectivity index is 1.20. The van der Waals surface area contributed by atoms with Crippen LogP contribution in [-0.4, -0.2) is 74.5 Å². The van der Waals surface area contributed by atoms with Crippen molar-refractivity contribution in [3.8, 4) is 22.9 Å². The second-order valence-corrected chi connectivity index (χ2v) is 21.1. The number of hydrogen-bond acceptors (Lipinski definition) is 8. The number of carbonyl (C=O) groups is 2. The van der Waals surface area contributed by atoms with Gasteiger partial charge in [-0.15, -0.1) is 0 Å². The highest BCUT2D eigenvalue weighted by molar-refractivity contribution is 6.91. The van der Waals surface area contributed by atoms with Gasteiger partial charge in [0.25, 0.3) is 11.5 Å². The fourth-order valence-electron chi connectivity index (χ4n) is 9.93. The summed E-state index contributed by atoms with van der Waals surface area (Å²) in [6.45, 7) is 7.13. The molecule has 12 heteroatoms. The van der Waals surface area contributed by atoms with Crippen molar-refractivity contribution in [2.45, 2.75) is 69.2 Å². The van der Waals surface area contributed by atoms with Gasteiger partial charge in [-0.3, -0.25) is 19.0 Å². The van der Waals surface area contributed by atoms with Crippen molar-refractivity contribution in [1.29, 1.82) is 0 Å². The third-order valence-corrected chi connectivity index (χ3v) is 17.3. The van der Waals surface area contributed by atoms with E-state index in [4.69, 9.17) is 18.9 Å². The number of pyridine rings is 1. The second kappa shape index (κ2) is 15.8. The molecule has 0 radical (unpaired) electrons. The zero-order valence-corrected chi connectivity index (χ0v) is 35.4. The highest BCUT2D eigenvalue weighted by atomic mass is 28.3. The SMILES string of the molecule is COc1ccc([Si](C)(C)[C@H]2[C@H](CC(=O)N3Cc4ccccc4C[C@H]3CO)O[C@@]3(C(=O)N(Cc4cccc(-n5cccc(OC)c5=O)c4)c4ccc(OC)cc43)[C@@H]2C)cc1. The molecule has 1 saturated heterocycles. The number of ether oxygens (including phenoxy) is 4. The van der Waals surface area contributed by atoms with Gasteiger partial charge in [0.2, 0.25) is 5.91 Å². The minimum Gasteiger partial charge on any atom is -0.497 e. The van der Waals surface area contributed by atoms with Gasteiger partial charge in [-0.25, -0.2) is 0 Å². The van der Waals surface area contributed by atoms with Crippen LogP contribution in [0.2, 0.25) is 18.6 Å². The van der Waals surface area contributed by atoms with Crippen LogP contribution >= 0.6 is 0 Å². The predicted molar refractivity (Wildman–Crippen MR) is 229 cm³/mol. The number of fused-ring (bicyclic) bond motifs is 3. The predicted octanol–water partition coefficient (Wildman–Crippen LogP) is 5.96. The molecule has 11 nitrogen and oxygen atoms in total. The summed E-state index contributed by atoms with van der Waals surface area (Å²) in [6, 6.07) is 32.4. The van der Waals surface area contributed by atoms with Gasteiger partial charge in [-0.05, 0) is 83.2 Å². The topological polar surface area (TPSA) is 120 Å². The lowest BCUT2D eigenvalue weighted by Gasteiger charge is -2.39. The second-order valence-electron chi connectivity index (χ2n) is 16.4. The molecular formula is C47H51N3O8Si. The molecule has 5 atom stereocenters. The maximum Gasteiger partial charge on any atom is 0.297 e. The van der Waals surface area contributed by atoms with Gasteiger partial charge < -0.3 is 33.9 Å². The molecule has 306 valence electrons. The summed E-state index contributed by atoms with van der Waals surface area (Å²) in [5, 5.41) is 11.7. The quantitative estimate of drug-likeness (QED) is 0.162. The number of aliphatic hydroxyl groups excluding tert-OH is 1. The smallest absolute Gasteiger partial charge is 0.297 e. The van der Waals surface area contributed by atoms with Crippen molar-refractivity contribution in [1.82, 2.24) is 9.47 Å². The number of benzene rings is 4. The number of aliphatic hydroxyl groups is 1. The fourth-order valence-corrected chi connectivity index (χ4v) is 13.9. The van der Waals surface area contributed by atoms with Crippen molar-refractivity contribution >= 4 is 30.8 Å². The minimum atomic E-state index is -2.57. The van der Waals surface area contributed by atoms with Crippen molar-refractivity contribution < 1.29 is 33.6 Å². The molecule has 1 aromatic heterocycles. The van der Waals surface area contributed by atoms with Crippen LogP contribution in [0.25, 0.3) is 5.69 Å². The van der Waals surface area contributed by atoms with Gasteiger partial charge in [-0.2, -0.15) is 0 Å². The first kappa shape index (κ1) is 40.1. The zero-order valence-electron chi connectivity index (χ0n) is 34.4. The van der Waals surface area contributed by atoms with E-state index in [9.17, 15) is 14.7 Å². The molecule has 0 aliphatic carbocycles. The van der Waals surface area contributed by atoms with Crippen LogP contribution in [-0.2, 0) is 39.4 Å². The van der Waals surface area contributed by atoms with Gasteiger partial charge in [-0.1, -0.05) is 73.7 Å². The van der Waals surface area contributed by atoms with E-state index in [1.165, 1.54) is 11.7 Å². The first-order valence-electron chi connectivity index (χ1n) is 20.1. The van der Waals surface area contributed by atoms with E-state index in [1.807, 2.05) is 72.8 Å². The summed E-state index contributed by atoms with van der Waals surface area (Å²) < 4.78 is 25.4. The molecule has 0 saturated carbocycles. The van der Waals surface area contributed by atoms with Crippen LogP contribution in [0.3, 0.4) is 0 Å². The largest absolute Gasteiger partial charge is 0.497 e. The van der Waals surface area contributed by atoms with Crippen molar-refractivity contribution in [3.63, 3.8) is 0 Å². The molecular weight excluding hydrogens is 763 g/mol. The zero-order chi connectivity index (χ0) is 41.6. The van der Waals surface area contributed by atoms with Crippen LogP contribution < -0.4 is 29.9 Å². The molecule has 1 fully saturated rings. The minimum absolute atomic E-state index is 0.0475. The van der Waals surface area contributed by atoms with Crippen LogP contribution in [0.1, 0.15) is 35.6 Å². The summed E-state index contributed by atoms with van der Waals surface area (Å²) in [4.78, 5) is 46.9. The van der Waals surface area contributed by atoms with Gasteiger partial charge in [0, 0.05) is 29.9 Å². The Hall–Kier alpha value is -5.69. The number of carbonyl (C=O) groups excluding carboxylic acids is 2. The maximum absolute atomic E-state index is 15.5. The Kier molecular flexibility index (Phi) is 10.7. The summed E-state index contributed by atoms with van der Waals surface area (Å²) in [5.74, 6) is 0.886. The van der Waals surface area contributed by atoms with E-state index in [2.05, 4.69) is 38.2 Å². The lowest BCUT2D eigenvalue weighted by molar-refractivity contribution is -0.151. The van der Waals surface area contributed by atoms with Gasteiger partial charge in [0.15, 0.2) is 11.4 Å². The Morgan fingerprint density at radius 3 is 2.31 bits per heavy atom. The third kappa shape index (κ3) is 6.82. The number of nitrogens with zero attached hydrogens (tertiary/aromatic N) is 3. The maximum atomic E-state index is 15.5. The molecule has 0 bridgehead atoms. The van der Waals surface area contributed by atoms with Crippen LogP contribution in [0.4, 0.5) is 5.69 Å². The summed E-state index contributed by atoms with van der Waals surface area (Å²) in [7, 11) is 2.14. The average Bonchev–Trinajstić information content (AvgIpc) is 3.68. The normalized spacial score (nSPS) is 22.3. The molecule has 1 N–H and O–H groups in total. The van der Waals surface area contributed by atoms with Crippen LogP contribution in [0.5, 0.6) is 17.2 Å². The van der Waals surface area contributed by atoms with Crippen LogP contribution in [0.15, 0.2) is 114 Å². The Morgan fingerprint density at radius 2 is 1.59 bits per heavy atom. The number of amides is 2. The average molecular weight is 814 g/mol. The molecule has 1 spiro atoms. The van der Waals surface area contributed by atoms with E-state index < -0.39 is 19.8 Å². The fraction of sp³-hybridized carbons (Fsp3) is 0.340. The first-order chi connectivity index (χ1) is 28.4. The highest BCUT2D eigenvalue weighted by Crippen LogP contribution is 2.60. The van der Waals surface area contributed by atoms with Gasteiger partial charge in [0.1, 0.15) is 11.5 Å². The molecule has 3 aliphatic heterocycles. The van der Waals surface area contributed by atoms with Crippen LogP contribution in [0, 0.1) is 5.92 Å². The summed E-state index contributed by atoms with van der Waals surface area (Å²) in [5.41, 5.74) is 3.15. The van der Waals surface area contributed by atoms with E-state index in [-0.39, 0.29) is 60.2 Å². The standard InChI is InChI=1S/C47H51N3O8Si/c1-30-44(59(5,6)38-19-16-36(55-2)17-20-38)42(26-43(52)49-28-33-13-8-7-12-32(33)24-35(49)29-51)58-47(30)39-25-37(56-3)18-21-40(39)50(46(47)54)27-31-11-9-14-34(23-31)48-22-10-15-41(57-4)45(48)53/h7-23,25,30,35,42,44,51H,24,26-29H2,1-6H3/t30-,35+,42+,44-,47+/m1/s1. The lowest BCUT2D eigenvalue weighted by Crippen LogP contribution is -2.52. The molecule has 0 unspecified atom stereocenters. The molecule has 2 amide bonds. The number of anilines is 1. The van der Waals surface area contributed by atoms with E-state index in [0.717, 1.165) is 27.6 Å². The number of rotatable bonds is 11. The molecule has 8 rings (SSSR count). The van der Waals surface area contributed by atoms with E-state index in [1.54, 1.807) is 42.3 Å². The lowest BCUT2D eigenvalue weighted by atomic mass is 9.82. The third-order valence-electron chi connectivity index (χ3n) is 13.0. The molecule has 3 aliphatic rings. The first-order valence-corrected chi connectivity index (χ1v) is 23.2. The van der Waals surface area contributed by atoms with Gasteiger partial charge in [0.05, 0.1) is 66.8 Å². The number of aromatic nitrogens is 1. The van der Waals surface area contributed by atoms with Crippen molar-refractivity contribution in [2.75, 3.05) is 32.8 Å². The highest BCUT2D eigenvalue weighted by Gasteiger charge is 2.66. The summed E-state index contributed by atoms with van der Waals surface area (Å²) >= 11 is 0. The van der Waals surface area contributed by atoms with Gasteiger partial charge >= 0.3 is 0 Å². The van der Waals surface area contributed by atoms with E-state index in [0.29, 0.717) is 35.7 Å². The Labute approximate surface area is 345 Å². The number of methoxy groups -OCH3 is 3. The van der Waals surface area contributed by atoms with Crippen molar-refractivity contribution in [3.05, 3.63) is 142 Å². The van der Waals surface area contributed by atoms with Crippen molar-refractivity contribution in [2.24, 2.45) is 5.92 Å².